The van der Waals surface area contributed by atoms with Crippen LogP contribution in [0.2, 0.25) is 5.15 Å². The van der Waals surface area contributed by atoms with Gasteiger partial charge in [0.1, 0.15) is 10.0 Å². The smallest absolute Gasteiger partial charge is 0.242 e. The molecule has 0 bridgehead atoms. The SMILES string of the molecule is Cc1cccc(N2CCN(CCCNS(=O)(=O)c3ccc(Cl)nc3)CC2)c1. The van der Waals surface area contributed by atoms with Gasteiger partial charge in [-0.05, 0) is 49.7 Å². The minimum absolute atomic E-state index is 0.138. The van der Waals surface area contributed by atoms with E-state index in [1.54, 1.807) is 0 Å². The molecular weight excluding hydrogens is 384 g/mol. The van der Waals surface area contributed by atoms with Crippen LogP contribution in [-0.4, -0.2) is 57.6 Å². The van der Waals surface area contributed by atoms with Crippen molar-refractivity contribution in [1.29, 1.82) is 0 Å². The van der Waals surface area contributed by atoms with E-state index >= 15 is 0 Å². The van der Waals surface area contributed by atoms with E-state index in [0.29, 0.717) is 6.54 Å². The maximum absolute atomic E-state index is 12.2. The number of benzene rings is 1. The van der Waals surface area contributed by atoms with Crippen LogP contribution in [0.3, 0.4) is 0 Å². The molecule has 1 aliphatic heterocycles. The normalized spacial score (nSPS) is 15.9. The summed E-state index contributed by atoms with van der Waals surface area (Å²) in [5.41, 5.74) is 2.55. The molecule has 0 atom stereocenters. The summed E-state index contributed by atoms with van der Waals surface area (Å²) in [6.07, 6.45) is 2.04. The zero-order valence-corrected chi connectivity index (χ0v) is 17.0. The molecule has 146 valence electrons. The lowest BCUT2D eigenvalue weighted by molar-refractivity contribution is 0.255. The van der Waals surface area contributed by atoms with Crippen molar-refractivity contribution in [2.45, 2.75) is 18.2 Å². The van der Waals surface area contributed by atoms with E-state index in [-0.39, 0.29) is 10.0 Å². The highest BCUT2D eigenvalue weighted by molar-refractivity contribution is 7.89. The molecule has 0 aliphatic carbocycles. The summed E-state index contributed by atoms with van der Waals surface area (Å²) in [5.74, 6) is 0. The topological polar surface area (TPSA) is 65.5 Å². The van der Waals surface area contributed by atoms with Gasteiger partial charge in [-0.2, -0.15) is 0 Å². The summed E-state index contributed by atoms with van der Waals surface area (Å²) in [5, 5.41) is 0.277. The molecule has 1 aromatic heterocycles. The lowest BCUT2D eigenvalue weighted by Gasteiger charge is -2.36. The fourth-order valence-corrected chi connectivity index (χ4v) is 4.30. The van der Waals surface area contributed by atoms with Gasteiger partial charge in [-0.25, -0.2) is 18.1 Å². The summed E-state index contributed by atoms with van der Waals surface area (Å²) in [6.45, 7) is 7.36. The first-order valence-corrected chi connectivity index (χ1v) is 11.0. The number of hydrogen-bond acceptors (Lipinski definition) is 5. The number of nitrogens with zero attached hydrogens (tertiary/aromatic N) is 3. The van der Waals surface area contributed by atoms with Gasteiger partial charge in [0.05, 0.1) is 0 Å². The first kappa shape index (κ1) is 20.1. The molecule has 8 heteroatoms. The van der Waals surface area contributed by atoms with Crippen LogP contribution >= 0.6 is 11.6 Å². The molecule has 0 radical (unpaired) electrons. The molecule has 2 aromatic rings. The van der Waals surface area contributed by atoms with E-state index in [9.17, 15) is 8.42 Å². The van der Waals surface area contributed by atoms with E-state index in [2.05, 4.69) is 50.7 Å². The molecular formula is C19H25ClN4O2S. The zero-order chi connectivity index (χ0) is 19.3. The number of rotatable bonds is 7. The van der Waals surface area contributed by atoms with Crippen LogP contribution in [0.25, 0.3) is 0 Å². The van der Waals surface area contributed by atoms with Crippen LogP contribution in [0.4, 0.5) is 5.69 Å². The van der Waals surface area contributed by atoms with E-state index in [4.69, 9.17) is 11.6 Å². The van der Waals surface area contributed by atoms with Gasteiger partial charge in [0.2, 0.25) is 10.0 Å². The summed E-state index contributed by atoms with van der Waals surface area (Å²) in [7, 11) is -3.53. The third-order valence-corrected chi connectivity index (χ3v) is 6.36. The van der Waals surface area contributed by atoms with E-state index in [0.717, 1.165) is 39.1 Å². The fourth-order valence-electron chi connectivity index (χ4n) is 3.17. The number of pyridine rings is 1. The zero-order valence-electron chi connectivity index (χ0n) is 15.4. The fraction of sp³-hybridized carbons (Fsp3) is 0.421. The van der Waals surface area contributed by atoms with Crippen LogP contribution in [0.15, 0.2) is 47.5 Å². The predicted octanol–water partition coefficient (Wildman–Crippen LogP) is 2.53. The minimum Gasteiger partial charge on any atom is -0.369 e. The van der Waals surface area contributed by atoms with Gasteiger partial charge in [-0.1, -0.05) is 23.7 Å². The van der Waals surface area contributed by atoms with Gasteiger partial charge in [0.25, 0.3) is 0 Å². The van der Waals surface area contributed by atoms with Crippen LogP contribution < -0.4 is 9.62 Å². The Morgan fingerprint density at radius 2 is 1.93 bits per heavy atom. The monoisotopic (exact) mass is 408 g/mol. The van der Waals surface area contributed by atoms with Crippen LogP contribution in [0, 0.1) is 6.92 Å². The first-order chi connectivity index (χ1) is 12.9. The second-order valence-electron chi connectivity index (χ2n) is 6.74. The van der Waals surface area contributed by atoms with Crippen molar-refractivity contribution in [2.75, 3.05) is 44.2 Å². The number of nitrogens with one attached hydrogen (secondary N) is 1. The first-order valence-electron chi connectivity index (χ1n) is 9.09. The number of anilines is 1. The van der Waals surface area contributed by atoms with Gasteiger partial charge >= 0.3 is 0 Å². The van der Waals surface area contributed by atoms with Crippen molar-refractivity contribution in [1.82, 2.24) is 14.6 Å². The van der Waals surface area contributed by atoms with Gasteiger partial charge in [-0.15, -0.1) is 0 Å². The number of halogens is 1. The molecule has 3 rings (SSSR count). The van der Waals surface area contributed by atoms with E-state index in [1.807, 2.05) is 0 Å². The molecule has 6 nitrogen and oxygen atoms in total. The van der Waals surface area contributed by atoms with Crippen LogP contribution in [0.1, 0.15) is 12.0 Å². The second-order valence-corrected chi connectivity index (χ2v) is 8.89. The second kappa shape index (κ2) is 9.01. The van der Waals surface area contributed by atoms with Crippen molar-refractivity contribution in [3.63, 3.8) is 0 Å². The highest BCUT2D eigenvalue weighted by atomic mass is 35.5. The molecule has 0 amide bonds. The third kappa shape index (κ3) is 5.65. The maximum Gasteiger partial charge on any atom is 0.242 e. The standard InChI is InChI=1S/C19H25ClN4O2S/c1-16-4-2-5-17(14-16)24-12-10-23(11-13-24)9-3-8-22-27(25,26)18-6-7-19(20)21-15-18/h2,4-7,14-15,22H,3,8-13H2,1H3. The Balaban J connectivity index is 1.40. The molecule has 1 saturated heterocycles. The Morgan fingerprint density at radius 1 is 1.15 bits per heavy atom. The number of sulfonamides is 1. The molecule has 0 unspecified atom stereocenters. The highest BCUT2D eigenvalue weighted by Gasteiger charge is 2.18. The molecule has 0 saturated carbocycles. The van der Waals surface area contributed by atoms with Crippen molar-refractivity contribution < 1.29 is 8.42 Å². The Labute approximate surface area is 166 Å². The molecule has 1 N–H and O–H groups in total. The average Bonchev–Trinajstić information content (AvgIpc) is 2.66. The number of aromatic nitrogens is 1. The molecule has 1 aliphatic rings. The highest BCUT2D eigenvalue weighted by Crippen LogP contribution is 2.18. The largest absolute Gasteiger partial charge is 0.369 e. The summed E-state index contributed by atoms with van der Waals surface area (Å²) < 4.78 is 27.0. The molecule has 2 heterocycles. The lowest BCUT2D eigenvalue weighted by atomic mass is 10.2. The third-order valence-electron chi connectivity index (χ3n) is 4.69. The van der Waals surface area contributed by atoms with Crippen molar-refractivity contribution in [3.05, 3.63) is 53.3 Å². The van der Waals surface area contributed by atoms with E-state index < -0.39 is 10.0 Å². The van der Waals surface area contributed by atoms with E-state index in [1.165, 1.54) is 29.6 Å². The van der Waals surface area contributed by atoms with Gasteiger partial charge in [0.15, 0.2) is 0 Å². The summed E-state index contributed by atoms with van der Waals surface area (Å²) in [4.78, 5) is 8.74. The summed E-state index contributed by atoms with van der Waals surface area (Å²) in [6, 6.07) is 11.5. The van der Waals surface area contributed by atoms with Crippen molar-refractivity contribution >= 4 is 27.3 Å². The van der Waals surface area contributed by atoms with Crippen molar-refractivity contribution in [3.8, 4) is 0 Å². The summed E-state index contributed by atoms with van der Waals surface area (Å²) >= 11 is 5.70. The van der Waals surface area contributed by atoms with Gasteiger partial charge in [0, 0.05) is 44.6 Å². The number of piperazine rings is 1. The quantitative estimate of drug-likeness (QED) is 0.563. The minimum atomic E-state index is -3.53. The van der Waals surface area contributed by atoms with Crippen LogP contribution in [-0.2, 0) is 10.0 Å². The maximum atomic E-state index is 12.2. The van der Waals surface area contributed by atoms with Crippen molar-refractivity contribution in [2.24, 2.45) is 0 Å². The Bertz CT molecular complexity index is 850. The average molecular weight is 409 g/mol. The Hall–Kier alpha value is -1.67. The number of aryl methyl sites for hydroxylation is 1. The molecule has 1 aromatic carbocycles. The van der Waals surface area contributed by atoms with Gasteiger partial charge in [-0.3, -0.25) is 4.90 Å². The molecule has 1 fully saturated rings. The van der Waals surface area contributed by atoms with Crippen LogP contribution in [0.5, 0.6) is 0 Å². The molecule has 27 heavy (non-hydrogen) atoms. The number of hydrogen-bond donors (Lipinski definition) is 1. The molecule has 0 spiro atoms. The Morgan fingerprint density at radius 3 is 2.59 bits per heavy atom. The lowest BCUT2D eigenvalue weighted by Crippen LogP contribution is -2.47. The predicted molar refractivity (Wildman–Crippen MR) is 109 cm³/mol. The Kier molecular flexibility index (Phi) is 6.70. The van der Waals surface area contributed by atoms with Gasteiger partial charge < -0.3 is 4.90 Å².